The predicted molar refractivity (Wildman–Crippen MR) is 143 cm³/mol. The fraction of sp³-hybridized carbons (Fsp3) is 0.200. The highest BCUT2D eigenvalue weighted by Gasteiger charge is 2.22. The van der Waals surface area contributed by atoms with Gasteiger partial charge in [-0.2, -0.15) is 0 Å². The number of nitrogens with one attached hydrogen (secondary N) is 1. The summed E-state index contributed by atoms with van der Waals surface area (Å²) in [5, 5.41) is 2.14. The van der Waals surface area contributed by atoms with E-state index in [4.69, 9.17) is 9.47 Å². The van der Waals surface area contributed by atoms with E-state index < -0.39 is 0 Å². The van der Waals surface area contributed by atoms with Gasteiger partial charge in [-0.05, 0) is 63.1 Å². The number of H-pyrrole nitrogens is 1. The molecule has 0 saturated carbocycles. The van der Waals surface area contributed by atoms with Gasteiger partial charge in [-0.15, -0.1) is 0 Å². The number of nitrogens with zero attached hydrogens (tertiary/aromatic N) is 1. The quantitative estimate of drug-likeness (QED) is 0.281. The van der Waals surface area contributed by atoms with E-state index in [0.717, 1.165) is 38.6 Å². The molecule has 0 unspecified atom stereocenters. The van der Waals surface area contributed by atoms with Crippen molar-refractivity contribution in [3.05, 3.63) is 101 Å². The first-order valence-corrected chi connectivity index (χ1v) is 12.0. The summed E-state index contributed by atoms with van der Waals surface area (Å²) >= 11 is 0. The minimum atomic E-state index is -0.286. The molecular formula is C30H30N2O4. The Balaban J connectivity index is 0.000000179. The van der Waals surface area contributed by atoms with Crippen LogP contribution in [0.5, 0.6) is 0 Å². The Morgan fingerprint density at radius 2 is 1.31 bits per heavy atom. The number of para-hydroxylation sites is 3. The molecule has 0 amide bonds. The molecule has 0 aliphatic heterocycles. The summed E-state index contributed by atoms with van der Waals surface area (Å²) in [6.07, 6.45) is 0. The molecule has 0 saturated heterocycles. The topological polar surface area (TPSA) is 73.3 Å². The first kappa shape index (κ1) is 24.8. The Morgan fingerprint density at radius 3 is 1.97 bits per heavy atom. The lowest BCUT2D eigenvalue weighted by Gasteiger charge is -2.10. The second kappa shape index (κ2) is 11.0. The van der Waals surface area contributed by atoms with Gasteiger partial charge in [-0.1, -0.05) is 54.6 Å². The summed E-state index contributed by atoms with van der Waals surface area (Å²) in [7, 11) is 0. The first-order valence-electron chi connectivity index (χ1n) is 12.0. The number of benzene rings is 3. The van der Waals surface area contributed by atoms with E-state index in [2.05, 4.69) is 4.98 Å². The number of carbonyl (C=O) groups is 2. The number of rotatable bonds is 5. The molecule has 5 aromatic rings. The number of aromatic nitrogens is 2. The molecule has 6 heteroatoms. The zero-order valence-corrected chi connectivity index (χ0v) is 21.0. The number of ether oxygens (including phenoxy) is 2. The molecule has 0 aliphatic carbocycles. The van der Waals surface area contributed by atoms with Crippen molar-refractivity contribution < 1.29 is 19.1 Å². The Morgan fingerprint density at radius 1 is 0.722 bits per heavy atom. The molecule has 0 radical (unpaired) electrons. The molecule has 3 aromatic carbocycles. The SMILES string of the molecule is CCOC(=O)c1[nH]c2ccccc2c1C.CCOC(=O)c1c(C)c2ccccc2n1-c1ccccc1. The maximum absolute atomic E-state index is 12.4. The second-order valence-corrected chi connectivity index (χ2v) is 8.27. The van der Waals surface area contributed by atoms with Crippen molar-refractivity contribution in [2.45, 2.75) is 27.7 Å². The molecular weight excluding hydrogens is 452 g/mol. The van der Waals surface area contributed by atoms with Crippen LogP contribution in [0.3, 0.4) is 0 Å². The number of hydrogen-bond acceptors (Lipinski definition) is 4. The molecule has 5 rings (SSSR count). The number of esters is 2. The normalized spacial score (nSPS) is 10.7. The lowest BCUT2D eigenvalue weighted by molar-refractivity contribution is 0.0508. The largest absolute Gasteiger partial charge is 0.461 e. The number of aryl methyl sites for hydroxylation is 2. The van der Waals surface area contributed by atoms with E-state index in [1.54, 1.807) is 6.92 Å². The van der Waals surface area contributed by atoms with E-state index in [0.29, 0.717) is 24.6 Å². The molecule has 0 atom stereocenters. The van der Waals surface area contributed by atoms with E-state index >= 15 is 0 Å². The fourth-order valence-electron chi connectivity index (χ4n) is 4.38. The van der Waals surface area contributed by atoms with Crippen LogP contribution in [0.15, 0.2) is 78.9 Å². The molecule has 0 spiro atoms. The van der Waals surface area contributed by atoms with E-state index in [9.17, 15) is 9.59 Å². The average Bonchev–Trinajstić information content (AvgIpc) is 3.40. The molecule has 184 valence electrons. The Labute approximate surface area is 210 Å². The van der Waals surface area contributed by atoms with Gasteiger partial charge >= 0.3 is 11.9 Å². The van der Waals surface area contributed by atoms with E-state index in [1.165, 1.54) is 0 Å². The fourth-order valence-corrected chi connectivity index (χ4v) is 4.38. The molecule has 2 aromatic heterocycles. The zero-order chi connectivity index (χ0) is 25.7. The summed E-state index contributed by atoms with van der Waals surface area (Å²) in [6.45, 7) is 8.28. The van der Waals surface area contributed by atoms with Gasteiger partial charge in [0.2, 0.25) is 0 Å². The summed E-state index contributed by atoms with van der Waals surface area (Å²) in [4.78, 5) is 27.0. The lowest BCUT2D eigenvalue weighted by Crippen LogP contribution is -2.12. The Kier molecular flexibility index (Phi) is 7.54. The van der Waals surface area contributed by atoms with E-state index in [1.807, 2.05) is 104 Å². The minimum Gasteiger partial charge on any atom is -0.461 e. The highest BCUT2D eigenvalue weighted by Crippen LogP contribution is 2.29. The van der Waals surface area contributed by atoms with Crippen LogP contribution in [0, 0.1) is 13.8 Å². The van der Waals surface area contributed by atoms with Crippen molar-refractivity contribution in [2.24, 2.45) is 0 Å². The second-order valence-electron chi connectivity index (χ2n) is 8.27. The third-order valence-electron chi connectivity index (χ3n) is 6.06. The van der Waals surface area contributed by atoms with Crippen molar-refractivity contribution in [1.82, 2.24) is 9.55 Å². The average molecular weight is 483 g/mol. The summed E-state index contributed by atoms with van der Waals surface area (Å²) in [6, 6.07) is 25.7. The highest BCUT2D eigenvalue weighted by atomic mass is 16.5. The molecule has 0 fully saturated rings. The maximum atomic E-state index is 12.4. The smallest absolute Gasteiger partial charge is 0.355 e. The third kappa shape index (κ3) is 4.75. The highest BCUT2D eigenvalue weighted by molar-refractivity contribution is 6.00. The maximum Gasteiger partial charge on any atom is 0.355 e. The van der Waals surface area contributed by atoms with Crippen molar-refractivity contribution >= 4 is 33.7 Å². The van der Waals surface area contributed by atoms with Crippen LogP contribution in [-0.4, -0.2) is 34.7 Å². The summed E-state index contributed by atoms with van der Waals surface area (Å²) in [5.74, 6) is -0.568. The summed E-state index contributed by atoms with van der Waals surface area (Å²) < 4.78 is 12.2. The Hall–Kier alpha value is -4.32. The van der Waals surface area contributed by atoms with Crippen molar-refractivity contribution in [3.8, 4) is 5.69 Å². The van der Waals surface area contributed by atoms with Gasteiger partial charge < -0.3 is 19.0 Å². The van der Waals surface area contributed by atoms with Crippen LogP contribution in [0.2, 0.25) is 0 Å². The number of hydrogen-bond donors (Lipinski definition) is 1. The van der Waals surface area contributed by atoms with Gasteiger partial charge in [-0.25, -0.2) is 9.59 Å². The summed E-state index contributed by atoms with van der Waals surface area (Å²) in [5.41, 5.74) is 6.01. The first-order chi connectivity index (χ1) is 17.5. The van der Waals surface area contributed by atoms with Crippen LogP contribution in [0.4, 0.5) is 0 Å². The third-order valence-corrected chi connectivity index (χ3v) is 6.06. The molecule has 36 heavy (non-hydrogen) atoms. The number of aromatic amines is 1. The Bertz CT molecular complexity index is 1510. The van der Waals surface area contributed by atoms with Gasteiger partial charge in [0, 0.05) is 22.0 Å². The van der Waals surface area contributed by atoms with Crippen LogP contribution in [-0.2, 0) is 9.47 Å². The minimum absolute atomic E-state index is 0.282. The van der Waals surface area contributed by atoms with Gasteiger partial charge in [0.25, 0.3) is 0 Å². The van der Waals surface area contributed by atoms with Crippen LogP contribution in [0.1, 0.15) is 46.0 Å². The van der Waals surface area contributed by atoms with Gasteiger partial charge in [0.05, 0.1) is 18.7 Å². The number of carbonyl (C=O) groups excluding carboxylic acids is 2. The van der Waals surface area contributed by atoms with Crippen molar-refractivity contribution in [1.29, 1.82) is 0 Å². The van der Waals surface area contributed by atoms with Crippen LogP contribution < -0.4 is 0 Å². The molecule has 0 aliphatic rings. The monoisotopic (exact) mass is 482 g/mol. The standard InChI is InChI=1S/C18H17NO2.C12H13NO2/c1-3-21-18(20)17-13(2)15-11-7-8-12-16(15)19(17)14-9-5-4-6-10-14;1-3-15-12(14)11-8(2)9-6-4-5-7-10(9)13-11/h4-12H,3H2,1-2H3;4-7,13H,3H2,1-2H3. The lowest BCUT2D eigenvalue weighted by atomic mass is 10.1. The predicted octanol–water partition coefficient (Wildman–Crippen LogP) is 6.77. The van der Waals surface area contributed by atoms with Crippen molar-refractivity contribution in [2.75, 3.05) is 13.2 Å². The van der Waals surface area contributed by atoms with Crippen LogP contribution in [0.25, 0.3) is 27.5 Å². The van der Waals surface area contributed by atoms with Gasteiger partial charge in [-0.3, -0.25) is 0 Å². The molecule has 1 N–H and O–H groups in total. The van der Waals surface area contributed by atoms with Crippen molar-refractivity contribution in [3.63, 3.8) is 0 Å². The van der Waals surface area contributed by atoms with Crippen LogP contribution >= 0.6 is 0 Å². The zero-order valence-electron chi connectivity index (χ0n) is 21.0. The molecule has 6 nitrogen and oxygen atoms in total. The van der Waals surface area contributed by atoms with Gasteiger partial charge in [0.15, 0.2) is 0 Å². The van der Waals surface area contributed by atoms with Gasteiger partial charge in [0.1, 0.15) is 11.4 Å². The molecule has 2 heterocycles. The van der Waals surface area contributed by atoms with E-state index in [-0.39, 0.29) is 11.9 Å². The number of fused-ring (bicyclic) bond motifs is 2. The molecule has 0 bridgehead atoms.